The zero-order chi connectivity index (χ0) is 36.2. The summed E-state index contributed by atoms with van der Waals surface area (Å²) in [6.07, 6.45) is 0. The summed E-state index contributed by atoms with van der Waals surface area (Å²) in [4.78, 5) is 15.2. The van der Waals surface area contributed by atoms with Gasteiger partial charge in [0, 0.05) is 38.6 Å². The Hall–Kier alpha value is -7.43. The molecule has 0 unspecified atom stereocenters. The number of pyridine rings is 1. The summed E-state index contributed by atoms with van der Waals surface area (Å²) in [5, 5.41) is 12.4. The lowest BCUT2D eigenvalue weighted by atomic mass is 9.94. The maximum atomic E-state index is 15.2. The van der Waals surface area contributed by atoms with E-state index in [1.54, 1.807) is 0 Å². The van der Waals surface area contributed by atoms with Crippen molar-refractivity contribution in [3.05, 3.63) is 198 Å². The first-order valence-corrected chi connectivity index (χ1v) is 18.7. The summed E-state index contributed by atoms with van der Waals surface area (Å²) in [7, 11) is 0. The molecule has 3 heterocycles. The second-order valence-electron chi connectivity index (χ2n) is 14.4. The van der Waals surface area contributed by atoms with Crippen molar-refractivity contribution in [1.82, 2.24) is 13.7 Å². The summed E-state index contributed by atoms with van der Waals surface area (Å²) < 4.78 is 6.56. The van der Waals surface area contributed by atoms with Crippen LogP contribution in [-0.4, -0.2) is 13.7 Å². The third kappa shape index (κ3) is 4.14. The predicted molar refractivity (Wildman–Crippen MR) is 231 cm³/mol. The Morgan fingerprint density at radius 2 is 0.727 bits per heavy atom. The van der Waals surface area contributed by atoms with Crippen molar-refractivity contribution < 1.29 is 0 Å². The van der Waals surface area contributed by atoms with Gasteiger partial charge in [-0.05, 0) is 93.0 Å². The van der Waals surface area contributed by atoms with Crippen molar-refractivity contribution >= 4 is 86.8 Å². The first-order chi connectivity index (χ1) is 27.2. The van der Waals surface area contributed by atoms with Crippen LogP contribution in [0.3, 0.4) is 0 Å². The highest BCUT2D eigenvalue weighted by atomic mass is 16.1. The number of benzene rings is 9. The van der Waals surface area contributed by atoms with Crippen molar-refractivity contribution in [3.63, 3.8) is 0 Å². The molecular formula is C51H31N3O. The molecule has 0 atom stereocenters. The summed E-state index contributed by atoms with van der Waals surface area (Å²) in [6, 6.07) is 66.3. The fourth-order valence-electron chi connectivity index (χ4n) is 9.30. The van der Waals surface area contributed by atoms with Gasteiger partial charge in [0.05, 0.1) is 33.0 Å². The van der Waals surface area contributed by atoms with E-state index >= 15 is 4.79 Å². The highest BCUT2D eigenvalue weighted by Crippen LogP contribution is 2.42. The van der Waals surface area contributed by atoms with Crippen LogP contribution in [-0.2, 0) is 0 Å². The first kappa shape index (κ1) is 30.1. The smallest absolute Gasteiger partial charge is 0.265 e. The van der Waals surface area contributed by atoms with E-state index in [0.29, 0.717) is 5.39 Å². The Kier molecular flexibility index (Phi) is 6.17. The molecule has 4 heteroatoms. The second kappa shape index (κ2) is 11.3. The minimum atomic E-state index is -0.0364. The molecule has 4 nitrogen and oxygen atoms in total. The minimum absolute atomic E-state index is 0.0364. The fourth-order valence-corrected chi connectivity index (χ4v) is 9.30. The summed E-state index contributed by atoms with van der Waals surface area (Å²) in [5.74, 6) is 0. The van der Waals surface area contributed by atoms with E-state index in [9.17, 15) is 0 Å². The summed E-state index contributed by atoms with van der Waals surface area (Å²) in [5.41, 5.74) is 7.88. The van der Waals surface area contributed by atoms with E-state index in [-0.39, 0.29) is 5.56 Å². The predicted octanol–water partition coefficient (Wildman–Crippen LogP) is 12.6. The Labute approximate surface area is 314 Å². The number of rotatable bonds is 3. The van der Waals surface area contributed by atoms with Crippen LogP contribution in [0.1, 0.15) is 0 Å². The molecule has 12 aromatic rings. The second-order valence-corrected chi connectivity index (χ2v) is 14.4. The molecule has 0 radical (unpaired) electrons. The summed E-state index contributed by atoms with van der Waals surface area (Å²) >= 11 is 0. The molecule has 256 valence electrons. The number of para-hydroxylation sites is 4. The van der Waals surface area contributed by atoms with Gasteiger partial charge in [0.25, 0.3) is 5.56 Å². The number of nitrogens with zero attached hydrogens (tertiary/aromatic N) is 3. The molecule has 0 spiro atoms. The van der Waals surface area contributed by atoms with E-state index in [1.165, 1.54) is 37.7 Å². The molecule has 0 amide bonds. The van der Waals surface area contributed by atoms with Crippen molar-refractivity contribution in [2.75, 3.05) is 0 Å². The van der Waals surface area contributed by atoms with Crippen LogP contribution < -0.4 is 5.56 Å². The molecule has 0 saturated carbocycles. The van der Waals surface area contributed by atoms with E-state index in [2.05, 4.69) is 155 Å². The zero-order valence-electron chi connectivity index (χ0n) is 29.6. The Bertz CT molecular complexity index is 3570. The van der Waals surface area contributed by atoms with Gasteiger partial charge in [-0.25, -0.2) is 0 Å². The standard InChI is InChI=1S/C51H31N3O/c55-51-49-44-31-47-43(30-48(44)53(32-15-3-1-4-16-32)50(49)41-24-12-14-26-46(41)54(51)33-17-5-2-6-18-33)40-23-11-13-25-45(40)52(47)34-27-28-39-37-21-8-7-19-35(37)36-20-9-10-22-38(36)42(39)29-34/h1-31H. The average Bonchev–Trinajstić information content (AvgIpc) is 3.76. The van der Waals surface area contributed by atoms with Crippen LogP contribution in [0.5, 0.6) is 0 Å². The lowest BCUT2D eigenvalue weighted by Crippen LogP contribution is -2.19. The van der Waals surface area contributed by atoms with Gasteiger partial charge >= 0.3 is 0 Å². The average molecular weight is 702 g/mol. The van der Waals surface area contributed by atoms with Crippen LogP contribution in [0.2, 0.25) is 0 Å². The minimum Gasteiger partial charge on any atom is -0.309 e. The molecule has 3 aromatic heterocycles. The highest BCUT2D eigenvalue weighted by Gasteiger charge is 2.24. The van der Waals surface area contributed by atoms with E-state index in [4.69, 9.17) is 0 Å². The number of hydrogen-bond donors (Lipinski definition) is 0. The van der Waals surface area contributed by atoms with Gasteiger partial charge in [0.1, 0.15) is 0 Å². The SMILES string of the molecule is O=c1c2c3cc4c(cc3n(-c3ccccc3)c2c2ccccc2n1-c1ccccc1)c1ccccc1n4-c1ccc2c3ccccc3c3ccccc3c2c1. The third-order valence-corrected chi connectivity index (χ3v) is 11.6. The van der Waals surface area contributed by atoms with Crippen LogP contribution in [0.25, 0.3) is 104 Å². The van der Waals surface area contributed by atoms with Crippen LogP contribution in [0, 0.1) is 0 Å². The van der Waals surface area contributed by atoms with E-state index < -0.39 is 0 Å². The molecular weight excluding hydrogens is 671 g/mol. The van der Waals surface area contributed by atoms with Gasteiger partial charge in [-0.1, -0.05) is 127 Å². The van der Waals surface area contributed by atoms with Crippen molar-refractivity contribution in [2.24, 2.45) is 0 Å². The largest absolute Gasteiger partial charge is 0.309 e. The Morgan fingerprint density at radius 1 is 0.273 bits per heavy atom. The quantitative estimate of drug-likeness (QED) is 0.169. The number of hydrogen-bond acceptors (Lipinski definition) is 1. The van der Waals surface area contributed by atoms with E-state index in [0.717, 1.165) is 60.8 Å². The normalized spacial score (nSPS) is 12.1. The lowest BCUT2D eigenvalue weighted by molar-refractivity contribution is 1.06. The first-order valence-electron chi connectivity index (χ1n) is 18.7. The van der Waals surface area contributed by atoms with Crippen molar-refractivity contribution in [2.45, 2.75) is 0 Å². The zero-order valence-corrected chi connectivity index (χ0v) is 29.6. The molecule has 0 N–H and O–H groups in total. The molecule has 0 aliphatic rings. The maximum absolute atomic E-state index is 15.2. The van der Waals surface area contributed by atoms with Crippen molar-refractivity contribution in [3.8, 4) is 17.1 Å². The van der Waals surface area contributed by atoms with Gasteiger partial charge in [0.15, 0.2) is 0 Å². The Balaban J connectivity index is 1.26. The van der Waals surface area contributed by atoms with Gasteiger partial charge in [-0.15, -0.1) is 0 Å². The lowest BCUT2D eigenvalue weighted by Gasteiger charge is -2.14. The molecule has 0 saturated heterocycles. The maximum Gasteiger partial charge on any atom is 0.265 e. The molecule has 0 bridgehead atoms. The third-order valence-electron chi connectivity index (χ3n) is 11.6. The molecule has 9 aromatic carbocycles. The molecule has 0 aliphatic heterocycles. The van der Waals surface area contributed by atoms with Crippen molar-refractivity contribution in [1.29, 1.82) is 0 Å². The van der Waals surface area contributed by atoms with Gasteiger partial charge in [-0.3, -0.25) is 9.36 Å². The molecule has 0 aliphatic carbocycles. The molecule has 0 fully saturated rings. The number of aromatic nitrogens is 3. The van der Waals surface area contributed by atoms with E-state index in [1.807, 2.05) is 47.0 Å². The number of fused-ring (bicyclic) bond motifs is 14. The molecule has 55 heavy (non-hydrogen) atoms. The van der Waals surface area contributed by atoms with Gasteiger partial charge in [0.2, 0.25) is 0 Å². The van der Waals surface area contributed by atoms with Crippen LogP contribution in [0.4, 0.5) is 0 Å². The van der Waals surface area contributed by atoms with Gasteiger partial charge in [-0.2, -0.15) is 0 Å². The van der Waals surface area contributed by atoms with Gasteiger partial charge < -0.3 is 9.13 Å². The van der Waals surface area contributed by atoms with Crippen LogP contribution in [0.15, 0.2) is 193 Å². The molecule has 12 rings (SSSR count). The summed E-state index contributed by atoms with van der Waals surface area (Å²) in [6.45, 7) is 0. The topological polar surface area (TPSA) is 31.9 Å². The Morgan fingerprint density at radius 3 is 1.36 bits per heavy atom. The highest BCUT2D eigenvalue weighted by molar-refractivity contribution is 6.26. The van der Waals surface area contributed by atoms with Crippen LogP contribution >= 0.6 is 0 Å². The fraction of sp³-hybridized carbons (Fsp3) is 0. The monoisotopic (exact) mass is 701 g/mol.